The Labute approximate surface area is 110 Å². The van der Waals surface area contributed by atoms with Crippen LogP contribution in [0.25, 0.3) is 0 Å². The third-order valence-corrected chi connectivity index (χ3v) is 3.96. The molecule has 0 radical (unpaired) electrons. The van der Waals surface area contributed by atoms with Crippen molar-refractivity contribution in [2.45, 2.75) is 31.7 Å². The van der Waals surface area contributed by atoms with Crippen LogP contribution in [-0.2, 0) is 0 Å². The predicted octanol–water partition coefficient (Wildman–Crippen LogP) is 3.22. The van der Waals surface area contributed by atoms with Crippen molar-refractivity contribution in [2.24, 2.45) is 11.7 Å². The molecule has 0 spiro atoms. The van der Waals surface area contributed by atoms with Gasteiger partial charge in [0.15, 0.2) is 0 Å². The molecule has 1 unspecified atom stereocenters. The van der Waals surface area contributed by atoms with E-state index in [4.69, 9.17) is 5.73 Å². The molecule has 0 saturated heterocycles. The van der Waals surface area contributed by atoms with Gasteiger partial charge >= 0.3 is 0 Å². The SMILES string of the molecule is CCSc1ccc(N(C)C(CN)C(C)C)cc1. The summed E-state index contributed by atoms with van der Waals surface area (Å²) in [5.74, 6) is 1.68. The molecule has 0 heterocycles. The van der Waals surface area contributed by atoms with Crippen LogP contribution in [0.3, 0.4) is 0 Å². The summed E-state index contributed by atoms with van der Waals surface area (Å²) >= 11 is 1.87. The van der Waals surface area contributed by atoms with Gasteiger partial charge in [0.05, 0.1) is 0 Å². The number of likely N-dealkylation sites (N-methyl/N-ethyl adjacent to an activating group) is 1. The zero-order valence-electron chi connectivity index (χ0n) is 11.3. The van der Waals surface area contributed by atoms with E-state index in [1.807, 2.05) is 11.8 Å². The first-order valence-electron chi connectivity index (χ1n) is 6.25. The molecule has 1 atom stereocenters. The highest BCUT2D eigenvalue weighted by atomic mass is 32.2. The van der Waals surface area contributed by atoms with Crippen LogP contribution in [0.1, 0.15) is 20.8 Å². The summed E-state index contributed by atoms with van der Waals surface area (Å²) < 4.78 is 0. The summed E-state index contributed by atoms with van der Waals surface area (Å²) in [4.78, 5) is 3.61. The summed E-state index contributed by atoms with van der Waals surface area (Å²) in [5, 5.41) is 0. The summed E-state index contributed by atoms with van der Waals surface area (Å²) in [6.45, 7) is 7.30. The van der Waals surface area contributed by atoms with Crippen molar-refractivity contribution >= 4 is 17.4 Å². The van der Waals surface area contributed by atoms with Crippen molar-refractivity contribution < 1.29 is 0 Å². The number of nitrogens with two attached hydrogens (primary N) is 1. The molecule has 3 heteroatoms. The second-order valence-corrected chi connectivity index (χ2v) is 5.92. The van der Waals surface area contributed by atoms with Crippen molar-refractivity contribution in [1.29, 1.82) is 0 Å². The van der Waals surface area contributed by atoms with Gasteiger partial charge in [-0.05, 0) is 35.9 Å². The van der Waals surface area contributed by atoms with Crippen LogP contribution >= 0.6 is 11.8 Å². The van der Waals surface area contributed by atoms with Gasteiger partial charge in [0.2, 0.25) is 0 Å². The molecule has 0 aliphatic rings. The van der Waals surface area contributed by atoms with Crippen LogP contribution < -0.4 is 10.6 Å². The molecule has 2 N–H and O–H groups in total. The molecule has 1 aromatic rings. The van der Waals surface area contributed by atoms with Crippen LogP contribution in [0.4, 0.5) is 5.69 Å². The number of hydrogen-bond donors (Lipinski definition) is 1. The van der Waals surface area contributed by atoms with E-state index in [2.05, 4.69) is 57.0 Å². The normalized spacial score (nSPS) is 12.8. The average Bonchev–Trinajstić information content (AvgIpc) is 2.30. The molecule has 1 aromatic carbocycles. The van der Waals surface area contributed by atoms with Gasteiger partial charge in [0.25, 0.3) is 0 Å². The van der Waals surface area contributed by atoms with Gasteiger partial charge in [0, 0.05) is 30.2 Å². The monoisotopic (exact) mass is 252 g/mol. The highest BCUT2D eigenvalue weighted by molar-refractivity contribution is 7.99. The molecular weight excluding hydrogens is 228 g/mol. The maximum absolute atomic E-state index is 5.84. The molecule has 96 valence electrons. The molecule has 1 rings (SSSR count). The Morgan fingerprint density at radius 1 is 1.24 bits per heavy atom. The topological polar surface area (TPSA) is 29.3 Å². The van der Waals surface area contributed by atoms with Gasteiger partial charge in [-0.3, -0.25) is 0 Å². The highest BCUT2D eigenvalue weighted by Gasteiger charge is 2.17. The Hall–Kier alpha value is -0.670. The van der Waals surface area contributed by atoms with Gasteiger partial charge in [-0.25, -0.2) is 0 Å². The van der Waals surface area contributed by atoms with E-state index < -0.39 is 0 Å². The lowest BCUT2D eigenvalue weighted by atomic mass is 10.0. The van der Waals surface area contributed by atoms with E-state index in [1.165, 1.54) is 10.6 Å². The molecule has 2 nitrogen and oxygen atoms in total. The third-order valence-electron chi connectivity index (χ3n) is 3.06. The maximum Gasteiger partial charge on any atom is 0.0431 e. The first-order chi connectivity index (χ1) is 8.10. The zero-order valence-corrected chi connectivity index (χ0v) is 12.1. The van der Waals surface area contributed by atoms with E-state index in [9.17, 15) is 0 Å². The number of benzene rings is 1. The quantitative estimate of drug-likeness (QED) is 0.788. The number of hydrogen-bond acceptors (Lipinski definition) is 3. The van der Waals surface area contributed by atoms with Crippen molar-refractivity contribution in [1.82, 2.24) is 0 Å². The fourth-order valence-corrected chi connectivity index (χ4v) is 2.68. The van der Waals surface area contributed by atoms with E-state index >= 15 is 0 Å². The Morgan fingerprint density at radius 2 is 1.82 bits per heavy atom. The average molecular weight is 252 g/mol. The first-order valence-corrected chi connectivity index (χ1v) is 7.24. The van der Waals surface area contributed by atoms with Gasteiger partial charge < -0.3 is 10.6 Å². The lowest BCUT2D eigenvalue weighted by Gasteiger charge is -2.32. The van der Waals surface area contributed by atoms with Gasteiger partial charge in [-0.2, -0.15) is 0 Å². The second-order valence-electron chi connectivity index (χ2n) is 4.58. The van der Waals surface area contributed by atoms with Gasteiger partial charge in [0.1, 0.15) is 0 Å². The predicted molar refractivity (Wildman–Crippen MR) is 78.9 cm³/mol. The fraction of sp³-hybridized carbons (Fsp3) is 0.571. The molecule has 0 aliphatic carbocycles. The Morgan fingerprint density at radius 3 is 2.24 bits per heavy atom. The first kappa shape index (κ1) is 14.4. The van der Waals surface area contributed by atoms with Crippen LogP contribution in [0.2, 0.25) is 0 Å². The molecule has 0 bridgehead atoms. The molecule has 0 aromatic heterocycles. The molecule has 0 amide bonds. The van der Waals surface area contributed by atoms with Gasteiger partial charge in [-0.1, -0.05) is 20.8 Å². The van der Waals surface area contributed by atoms with E-state index in [0.29, 0.717) is 18.5 Å². The molecule has 0 aliphatic heterocycles. The minimum Gasteiger partial charge on any atom is -0.370 e. The summed E-state index contributed by atoms with van der Waals surface area (Å²) in [7, 11) is 2.12. The number of nitrogens with zero attached hydrogens (tertiary/aromatic N) is 1. The second kappa shape index (κ2) is 6.92. The Kier molecular flexibility index (Phi) is 5.86. The highest BCUT2D eigenvalue weighted by Crippen LogP contribution is 2.23. The van der Waals surface area contributed by atoms with E-state index in [-0.39, 0.29) is 0 Å². The number of rotatable bonds is 6. The molecule has 17 heavy (non-hydrogen) atoms. The summed E-state index contributed by atoms with van der Waals surface area (Å²) in [6.07, 6.45) is 0. The van der Waals surface area contributed by atoms with Crippen molar-refractivity contribution in [2.75, 3.05) is 24.2 Å². The largest absolute Gasteiger partial charge is 0.370 e. The number of thioether (sulfide) groups is 1. The standard InChI is InChI=1S/C14H24N2S/c1-5-17-13-8-6-12(7-9-13)16(4)14(10-15)11(2)3/h6-9,11,14H,5,10,15H2,1-4H3. The minimum absolute atomic E-state index is 0.402. The van der Waals surface area contributed by atoms with Crippen molar-refractivity contribution in [3.8, 4) is 0 Å². The smallest absolute Gasteiger partial charge is 0.0431 e. The summed E-state index contributed by atoms with van der Waals surface area (Å²) in [5.41, 5.74) is 7.09. The van der Waals surface area contributed by atoms with Crippen molar-refractivity contribution in [3.63, 3.8) is 0 Å². The van der Waals surface area contributed by atoms with Crippen LogP contribution in [-0.4, -0.2) is 25.4 Å². The van der Waals surface area contributed by atoms with Crippen LogP contribution in [0.5, 0.6) is 0 Å². The van der Waals surface area contributed by atoms with Crippen molar-refractivity contribution in [3.05, 3.63) is 24.3 Å². The molecular formula is C14H24N2S. The summed E-state index contributed by atoms with van der Waals surface area (Å²) in [6, 6.07) is 9.15. The van der Waals surface area contributed by atoms with Crippen LogP contribution in [0.15, 0.2) is 29.2 Å². The maximum atomic E-state index is 5.84. The van der Waals surface area contributed by atoms with Gasteiger partial charge in [-0.15, -0.1) is 11.8 Å². The fourth-order valence-electron chi connectivity index (χ4n) is 2.01. The molecule has 0 fully saturated rings. The lowest BCUT2D eigenvalue weighted by Crippen LogP contribution is -2.41. The van der Waals surface area contributed by atoms with E-state index in [0.717, 1.165) is 5.75 Å². The van der Waals surface area contributed by atoms with Crippen LogP contribution in [0, 0.1) is 5.92 Å². The van der Waals surface area contributed by atoms with E-state index in [1.54, 1.807) is 0 Å². The Bertz CT molecular complexity index is 321. The third kappa shape index (κ3) is 3.93. The lowest BCUT2D eigenvalue weighted by molar-refractivity contribution is 0.480. The Balaban J connectivity index is 2.77. The minimum atomic E-state index is 0.402. The number of anilines is 1. The zero-order chi connectivity index (χ0) is 12.8. The molecule has 0 saturated carbocycles.